The van der Waals surface area contributed by atoms with E-state index in [-0.39, 0.29) is 37.2 Å². The molecule has 1 aromatic carbocycles. The van der Waals surface area contributed by atoms with Crippen molar-refractivity contribution >= 4 is 35.0 Å². The number of Topliss-reactive ketones (excluding diaryl/α,β-unsaturated/α-hetero) is 1. The Balaban J connectivity index is 1.51. The molecule has 0 spiro atoms. The van der Waals surface area contributed by atoms with E-state index in [1.54, 1.807) is 26.0 Å². The number of nitrogens with zero attached hydrogens (tertiary/aromatic N) is 2. The molecule has 2 aromatic heterocycles. The third kappa shape index (κ3) is 4.79. The van der Waals surface area contributed by atoms with Crippen LogP contribution < -0.4 is 10.6 Å². The molecule has 5 rings (SSSR count). The number of aromatic amines is 1. The van der Waals surface area contributed by atoms with Crippen molar-refractivity contribution in [1.29, 1.82) is 0 Å². The second kappa shape index (κ2) is 9.44. The maximum atomic E-state index is 13.3. The molecule has 0 radical (unpaired) electrons. The molecule has 0 bridgehead atoms. The van der Waals surface area contributed by atoms with E-state index in [1.165, 1.54) is 11.1 Å². The van der Waals surface area contributed by atoms with Gasteiger partial charge >= 0.3 is 6.09 Å². The number of para-hydroxylation sites is 1. The molecule has 3 N–H and O–H groups in total. The molecule has 2 amide bonds. The van der Waals surface area contributed by atoms with Crippen LogP contribution >= 0.6 is 0 Å². The average Bonchev–Trinajstić information content (AvgIpc) is 3.47. The molecule has 1 aliphatic heterocycles. The van der Waals surface area contributed by atoms with E-state index < -0.39 is 24.1 Å². The number of alkyl halides is 1. The molecule has 3 aromatic rings. The van der Waals surface area contributed by atoms with Gasteiger partial charge in [0, 0.05) is 23.1 Å². The predicted octanol–water partition coefficient (Wildman–Crippen LogP) is 4.66. The van der Waals surface area contributed by atoms with Crippen LogP contribution in [-0.2, 0) is 16.1 Å². The zero-order valence-electron chi connectivity index (χ0n) is 19.9. The molecule has 1 saturated carbocycles. The lowest BCUT2D eigenvalue weighted by molar-refractivity contribution is -0.117. The molecule has 0 saturated heterocycles. The Labute approximate surface area is 207 Å². The second-order valence-electron chi connectivity index (χ2n) is 9.21. The van der Waals surface area contributed by atoms with Crippen LogP contribution in [0, 0.1) is 5.92 Å². The van der Waals surface area contributed by atoms with Gasteiger partial charge < -0.3 is 20.4 Å². The summed E-state index contributed by atoms with van der Waals surface area (Å²) in [7, 11) is 0. The van der Waals surface area contributed by atoms with Crippen molar-refractivity contribution in [2.75, 3.05) is 17.2 Å². The smallest absolute Gasteiger partial charge is 0.410 e. The normalized spacial score (nSPS) is 18.6. The molecule has 2 atom stereocenters. The van der Waals surface area contributed by atoms with Gasteiger partial charge in [0.25, 0.3) is 0 Å². The van der Waals surface area contributed by atoms with Crippen molar-refractivity contribution in [3.05, 3.63) is 59.9 Å². The molecule has 3 heterocycles. The summed E-state index contributed by atoms with van der Waals surface area (Å²) in [5.41, 5.74) is 3.63. The maximum absolute atomic E-state index is 13.3. The van der Waals surface area contributed by atoms with Crippen molar-refractivity contribution in [2.45, 2.75) is 39.1 Å². The average molecular weight is 492 g/mol. The van der Waals surface area contributed by atoms with Gasteiger partial charge in [-0.25, -0.2) is 14.2 Å². The Morgan fingerprint density at radius 2 is 1.94 bits per heavy atom. The summed E-state index contributed by atoms with van der Waals surface area (Å²) in [5, 5.41) is 6.00. The molecule has 36 heavy (non-hydrogen) atoms. The summed E-state index contributed by atoms with van der Waals surface area (Å²) < 4.78 is 18.6. The number of hydrogen-bond donors (Lipinski definition) is 3. The molecule has 0 unspecified atom stereocenters. The summed E-state index contributed by atoms with van der Waals surface area (Å²) in [5.74, 6) is -1.00. The van der Waals surface area contributed by atoms with E-state index in [2.05, 4.69) is 20.6 Å². The molecule has 1 aliphatic carbocycles. The fourth-order valence-electron chi connectivity index (χ4n) is 4.20. The summed E-state index contributed by atoms with van der Waals surface area (Å²) in [6, 6.07) is 12.8. The summed E-state index contributed by atoms with van der Waals surface area (Å²) in [6.07, 6.45) is -0.223. The number of aromatic nitrogens is 2. The van der Waals surface area contributed by atoms with Gasteiger partial charge in [0.05, 0.1) is 42.1 Å². The van der Waals surface area contributed by atoms with Crippen LogP contribution in [-0.4, -0.2) is 51.5 Å². The standard InChI is InChI=1S/C26H26FN5O4/c1-14(2)36-26(35)32-12-19-22(20(33)13-32)24(29-16-6-4-3-5-7-16)23(30-19)15-8-9-28-21(10-15)31-25(34)17-11-18(17)27/h3-10,14,17-18,29-30H,11-13H2,1-2H3,(H,28,31,34)/t17-,18+/m1/s1. The number of H-pyrrole nitrogens is 1. The third-order valence-corrected chi connectivity index (χ3v) is 6.03. The van der Waals surface area contributed by atoms with Crippen LogP contribution in [0.25, 0.3) is 11.3 Å². The molecular formula is C26H26FN5O4. The Bertz CT molecular complexity index is 1320. The van der Waals surface area contributed by atoms with Gasteiger partial charge in [0.2, 0.25) is 5.91 Å². The Hall–Kier alpha value is -4.21. The van der Waals surface area contributed by atoms with Crippen LogP contribution in [0.2, 0.25) is 0 Å². The number of carbonyl (C=O) groups is 3. The van der Waals surface area contributed by atoms with Crippen molar-refractivity contribution in [2.24, 2.45) is 5.92 Å². The highest BCUT2D eigenvalue weighted by Gasteiger charge is 2.43. The monoisotopic (exact) mass is 491 g/mol. The van der Waals surface area contributed by atoms with Gasteiger partial charge in [-0.15, -0.1) is 0 Å². The molecule has 9 nitrogen and oxygen atoms in total. The second-order valence-corrected chi connectivity index (χ2v) is 9.21. The zero-order valence-corrected chi connectivity index (χ0v) is 19.9. The molecule has 186 valence electrons. The van der Waals surface area contributed by atoms with Crippen LogP contribution in [0.5, 0.6) is 0 Å². The number of anilines is 3. The molecule has 2 aliphatic rings. The topological polar surface area (TPSA) is 116 Å². The van der Waals surface area contributed by atoms with Crippen LogP contribution in [0.15, 0.2) is 48.7 Å². The summed E-state index contributed by atoms with van der Waals surface area (Å²) in [4.78, 5) is 46.8. The Morgan fingerprint density at radius 1 is 1.19 bits per heavy atom. The highest BCUT2D eigenvalue weighted by molar-refractivity contribution is 6.09. The number of nitrogens with one attached hydrogen (secondary N) is 3. The van der Waals surface area contributed by atoms with Gasteiger partial charge in [0.1, 0.15) is 12.0 Å². The molecule has 10 heteroatoms. The lowest BCUT2D eigenvalue weighted by atomic mass is 10.0. The first-order chi connectivity index (χ1) is 17.3. The fourth-order valence-corrected chi connectivity index (χ4v) is 4.20. The number of carbonyl (C=O) groups excluding carboxylic acids is 3. The minimum absolute atomic E-state index is 0.108. The van der Waals surface area contributed by atoms with E-state index in [9.17, 15) is 18.8 Å². The Morgan fingerprint density at radius 3 is 2.64 bits per heavy atom. The first-order valence-corrected chi connectivity index (χ1v) is 11.8. The van der Waals surface area contributed by atoms with E-state index in [4.69, 9.17) is 4.74 Å². The van der Waals surface area contributed by atoms with Gasteiger partial charge in [-0.2, -0.15) is 0 Å². The van der Waals surface area contributed by atoms with Crippen LogP contribution in [0.3, 0.4) is 0 Å². The van der Waals surface area contributed by atoms with Gasteiger partial charge in [-0.1, -0.05) is 18.2 Å². The van der Waals surface area contributed by atoms with Crippen molar-refractivity contribution in [3.63, 3.8) is 0 Å². The predicted molar refractivity (Wildman–Crippen MR) is 132 cm³/mol. The first kappa shape index (κ1) is 23.5. The van der Waals surface area contributed by atoms with E-state index in [1.807, 2.05) is 30.3 Å². The lowest BCUT2D eigenvalue weighted by Crippen LogP contribution is -2.40. The largest absolute Gasteiger partial charge is 0.447 e. The van der Waals surface area contributed by atoms with Crippen LogP contribution in [0.4, 0.5) is 26.4 Å². The number of rotatable bonds is 6. The zero-order chi connectivity index (χ0) is 25.4. The third-order valence-electron chi connectivity index (χ3n) is 6.03. The first-order valence-electron chi connectivity index (χ1n) is 11.8. The van der Waals surface area contributed by atoms with E-state index in [0.717, 1.165) is 5.69 Å². The van der Waals surface area contributed by atoms with Crippen molar-refractivity contribution in [3.8, 4) is 11.3 Å². The fraction of sp³-hybridized carbons (Fsp3) is 0.308. The number of halogens is 1. The van der Waals surface area contributed by atoms with Gasteiger partial charge in [-0.05, 0) is 44.5 Å². The summed E-state index contributed by atoms with van der Waals surface area (Å²) in [6.45, 7) is 3.56. The quantitative estimate of drug-likeness (QED) is 0.462. The number of ketones is 1. The van der Waals surface area contributed by atoms with Crippen molar-refractivity contribution in [1.82, 2.24) is 14.9 Å². The van der Waals surface area contributed by atoms with E-state index >= 15 is 0 Å². The number of fused-ring (bicyclic) bond motifs is 1. The van der Waals surface area contributed by atoms with Crippen molar-refractivity contribution < 1.29 is 23.5 Å². The Kier molecular flexibility index (Phi) is 6.17. The number of benzene rings is 1. The minimum atomic E-state index is -1.11. The highest BCUT2D eigenvalue weighted by atomic mass is 19.1. The molecular weight excluding hydrogens is 465 g/mol. The van der Waals surface area contributed by atoms with E-state index in [0.29, 0.717) is 28.2 Å². The minimum Gasteiger partial charge on any atom is -0.447 e. The number of ether oxygens (including phenoxy) is 1. The maximum Gasteiger partial charge on any atom is 0.410 e. The number of amides is 2. The number of pyridine rings is 1. The molecule has 1 fully saturated rings. The van der Waals surface area contributed by atoms with Gasteiger partial charge in [0.15, 0.2) is 5.78 Å². The van der Waals surface area contributed by atoms with Gasteiger partial charge in [-0.3, -0.25) is 14.5 Å². The van der Waals surface area contributed by atoms with Crippen LogP contribution in [0.1, 0.15) is 36.3 Å². The number of hydrogen-bond acceptors (Lipinski definition) is 6. The SMILES string of the molecule is CC(C)OC(=O)N1CC(=O)c2c([nH]c(-c3ccnc(NC(=O)[C@@H]4C[C@@H]4F)c3)c2Nc2ccccc2)C1. The summed E-state index contributed by atoms with van der Waals surface area (Å²) >= 11 is 0. The highest BCUT2D eigenvalue weighted by Crippen LogP contribution is 2.39. The lowest BCUT2D eigenvalue weighted by Gasteiger charge is -2.26.